The zero-order valence-corrected chi connectivity index (χ0v) is 13.0. The fraction of sp³-hybridized carbons (Fsp3) is 0.375. The van der Waals surface area contributed by atoms with E-state index in [-0.39, 0.29) is 17.9 Å². The van der Waals surface area contributed by atoms with Gasteiger partial charge in [0, 0.05) is 25.4 Å². The van der Waals surface area contributed by atoms with E-state index in [0.717, 1.165) is 11.6 Å². The third-order valence-corrected chi connectivity index (χ3v) is 4.08. The number of ether oxygens (including phenoxy) is 1. The molecule has 2 heterocycles. The van der Waals surface area contributed by atoms with Gasteiger partial charge >= 0.3 is 0 Å². The molecule has 1 aromatic heterocycles. The summed E-state index contributed by atoms with van der Waals surface area (Å²) >= 11 is 0. The molecule has 1 amide bonds. The van der Waals surface area contributed by atoms with Crippen molar-refractivity contribution in [3.05, 3.63) is 47.5 Å². The first-order valence-corrected chi connectivity index (χ1v) is 7.30. The number of rotatable bonds is 2. The van der Waals surface area contributed by atoms with Crippen LogP contribution in [0.5, 0.6) is 5.75 Å². The number of hydrogen-bond donors (Lipinski definition) is 1. The van der Waals surface area contributed by atoms with E-state index in [0.29, 0.717) is 13.2 Å². The lowest BCUT2D eigenvalue weighted by Gasteiger charge is -2.40. The van der Waals surface area contributed by atoms with E-state index < -0.39 is 17.3 Å². The number of aromatic nitrogens is 2. The number of benzene rings is 1. The second-order valence-corrected chi connectivity index (χ2v) is 5.84. The minimum Gasteiger partial charge on any atom is -0.507 e. The molecule has 23 heavy (non-hydrogen) atoms. The lowest BCUT2D eigenvalue weighted by Crippen LogP contribution is -2.50. The van der Waals surface area contributed by atoms with Crippen molar-refractivity contribution in [1.82, 2.24) is 14.7 Å². The number of aryl methyl sites for hydroxylation is 1. The standard InChI is InChI=1S/C16H18FN3O3/c1-16(11-8-18-19(2)9-11)10-20(6-7-23-16)15(22)14-12(17)4-3-5-13(14)21/h3-5,8-9,21H,6-7,10H2,1-2H3/t16-/m0/s1. The Morgan fingerprint density at radius 2 is 2.26 bits per heavy atom. The first-order valence-electron chi connectivity index (χ1n) is 7.30. The van der Waals surface area contributed by atoms with E-state index in [1.165, 1.54) is 17.0 Å². The van der Waals surface area contributed by atoms with Crippen LogP contribution in [0.25, 0.3) is 0 Å². The summed E-state index contributed by atoms with van der Waals surface area (Å²) in [5.41, 5.74) is -0.179. The van der Waals surface area contributed by atoms with Crippen LogP contribution in [0.4, 0.5) is 4.39 Å². The van der Waals surface area contributed by atoms with Gasteiger partial charge in [-0.3, -0.25) is 9.48 Å². The number of phenols is 1. The van der Waals surface area contributed by atoms with Crippen LogP contribution in [0.2, 0.25) is 0 Å². The van der Waals surface area contributed by atoms with Crippen LogP contribution < -0.4 is 0 Å². The summed E-state index contributed by atoms with van der Waals surface area (Å²) in [7, 11) is 1.80. The molecule has 0 spiro atoms. The Morgan fingerprint density at radius 3 is 2.91 bits per heavy atom. The Bertz CT molecular complexity index is 726. The van der Waals surface area contributed by atoms with Gasteiger partial charge in [-0.15, -0.1) is 0 Å². The van der Waals surface area contributed by atoms with Crippen molar-refractivity contribution in [3.8, 4) is 5.75 Å². The molecule has 122 valence electrons. The highest BCUT2D eigenvalue weighted by molar-refractivity contribution is 5.97. The summed E-state index contributed by atoms with van der Waals surface area (Å²) in [6.07, 6.45) is 3.52. The largest absolute Gasteiger partial charge is 0.507 e. The van der Waals surface area contributed by atoms with Gasteiger partial charge in [0.25, 0.3) is 5.91 Å². The van der Waals surface area contributed by atoms with Crippen molar-refractivity contribution in [2.24, 2.45) is 7.05 Å². The molecule has 0 aliphatic carbocycles. The average molecular weight is 319 g/mol. The number of morpholine rings is 1. The Morgan fingerprint density at radius 1 is 1.48 bits per heavy atom. The highest BCUT2D eigenvalue weighted by Crippen LogP contribution is 2.31. The van der Waals surface area contributed by atoms with Gasteiger partial charge in [0.1, 0.15) is 22.7 Å². The number of halogens is 1. The predicted octanol–water partition coefficient (Wildman–Crippen LogP) is 1.65. The lowest BCUT2D eigenvalue weighted by atomic mass is 9.96. The molecule has 0 bridgehead atoms. The van der Waals surface area contributed by atoms with E-state index in [9.17, 15) is 14.3 Å². The molecule has 1 aliphatic rings. The third kappa shape index (κ3) is 2.79. The molecular weight excluding hydrogens is 301 g/mol. The molecule has 7 heteroatoms. The summed E-state index contributed by atoms with van der Waals surface area (Å²) in [6.45, 7) is 2.78. The normalized spacial score (nSPS) is 21.4. The maximum Gasteiger partial charge on any atom is 0.260 e. The number of carbonyl (C=O) groups excluding carboxylic acids is 1. The van der Waals surface area contributed by atoms with Gasteiger partial charge in [-0.05, 0) is 19.1 Å². The van der Waals surface area contributed by atoms with Crippen LogP contribution in [-0.4, -0.2) is 45.4 Å². The van der Waals surface area contributed by atoms with E-state index in [1.807, 2.05) is 13.1 Å². The Balaban J connectivity index is 1.88. The number of aromatic hydroxyl groups is 1. The SMILES string of the molecule is Cn1cc([C@]2(C)CN(C(=O)c3c(O)cccc3F)CCO2)cn1. The molecule has 3 rings (SSSR count). The molecule has 2 aromatic rings. The molecule has 0 saturated carbocycles. The molecule has 0 unspecified atom stereocenters. The summed E-state index contributed by atoms with van der Waals surface area (Å²) in [5.74, 6) is -1.63. The Labute approximate surface area is 133 Å². The average Bonchev–Trinajstić information content (AvgIpc) is 2.94. The van der Waals surface area contributed by atoms with Crippen LogP contribution in [0.3, 0.4) is 0 Å². The lowest BCUT2D eigenvalue weighted by molar-refractivity contribution is -0.0932. The van der Waals surface area contributed by atoms with Crippen molar-refractivity contribution in [2.75, 3.05) is 19.7 Å². The topological polar surface area (TPSA) is 67.6 Å². The molecule has 1 aliphatic heterocycles. The van der Waals surface area contributed by atoms with E-state index in [2.05, 4.69) is 5.10 Å². The maximum atomic E-state index is 13.9. The van der Waals surface area contributed by atoms with Crippen LogP contribution in [-0.2, 0) is 17.4 Å². The number of hydrogen-bond acceptors (Lipinski definition) is 4. The van der Waals surface area contributed by atoms with Crippen molar-refractivity contribution in [1.29, 1.82) is 0 Å². The van der Waals surface area contributed by atoms with Crippen LogP contribution in [0.1, 0.15) is 22.8 Å². The summed E-state index contributed by atoms with van der Waals surface area (Å²) < 4.78 is 21.4. The molecule has 1 aromatic carbocycles. The highest BCUT2D eigenvalue weighted by atomic mass is 19.1. The molecule has 1 N–H and O–H groups in total. The molecular formula is C16H18FN3O3. The van der Waals surface area contributed by atoms with Crippen molar-refractivity contribution in [2.45, 2.75) is 12.5 Å². The first-order chi connectivity index (χ1) is 10.9. The molecule has 0 radical (unpaired) electrons. The van der Waals surface area contributed by atoms with Crippen molar-refractivity contribution in [3.63, 3.8) is 0 Å². The summed E-state index contributed by atoms with van der Waals surface area (Å²) in [4.78, 5) is 14.1. The van der Waals surface area contributed by atoms with E-state index in [4.69, 9.17) is 4.74 Å². The fourth-order valence-electron chi connectivity index (χ4n) is 2.79. The predicted molar refractivity (Wildman–Crippen MR) is 80.5 cm³/mol. The Hall–Kier alpha value is -2.41. The molecule has 1 saturated heterocycles. The molecule has 1 atom stereocenters. The monoisotopic (exact) mass is 319 g/mol. The third-order valence-electron chi connectivity index (χ3n) is 4.08. The molecule has 1 fully saturated rings. The molecule has 6 nitrogen and oxygen atoms in total. The number of carbonyl (C=O) groups is 1. The maximum absolute atomic E-state index is 13.9. The van der Waals surface area contributed by atoms with Gasteiger partial charge in [0.15, 0.2) is 0 Å². The Kier molecular flexibility index (Phi) is 3.81. The van der Waals surface area contributed by atoms with E-state index >= 15 is 0 Å². The quantitative estimate of drug-likeness (QED) is 0.914. The van der Waals surface area contributed by atoms with Gasteiger partial charge in [-0.1, -0.05) is 6.07 Å². The number of nitrogens with zero attached hydrogens (tertiary/aromatic N) is 3. The summed E-state index contributed by atoms with van der Waals surface area (Å²) in [6, 6.07) is 3.82. The minimum absolute atomic E-state index is 0.255. The zero-order valence-electron chi connectivity index (χ0n) is 13.0. The highest BCUT2D eigenvalue weighted by Gasteiger charge is 2.38. The van der Waals surface area contributed by atoms with Crippen LogP contribution in [0, 0.1) is 5.82 Å². The van der Waals surface area contributed by atoms with E-state index in [1.54, 1.807) is 17.9 Å². The van der Waals surface area contributed by atoms with Gasteiger partial charge in [0.2, 0.25) is 0 Å². The number of phenolic OH excluding ortho intramolecular Hbond substituents is 1. The minimum atomic E-state index is -0.732. The number of amides is 1. The van der Waals surface area contributed by atoms with Gasteiger partial charge in [0.05, 0.1) is 19.3 Å². The van der Waals surface area contributed by atoms with Crippen molar-refractivity contribution >= 4 is 5.91 Å². The first kappa shape index (κ1) is 15.5. The second kappa shape index (κ2) is 5.66. The summed E-state index contributed by atoms with van der Waals surface area (Å²) in [5, 5.41) is 13.9. The smallest absolute Gasteiger partial charge is 0.260 e. The van der Waals surface area contributed by atoms with Crippen LogP contribution >= 0.6 is 0 Å². The van der Waals surface area contributed by atoms with Crippen LogP contribution in [0.15, 0.2) is 30.6 Å². The second-order valence-electron chi connectivity index (χ2n) is 5.84. The van der Waals surface area contributed by atoms with Gasteiger partial charge in [-0.25, -0.2) is 4.39 Å². The zero-order chi connectivity index (χ0) is 16.6. The van der Waals surface area contributed by atoms with Gasteiger partial charge in [-0.2, -0.15) is 5.10 Å². The van der Waals surface area contributed by atoms with Crippen molar-refractivity contribution < 1.29 is 19.0 Å². The fourth-order valence-corrected chi connectivity index (χ4v) is 2.79. The van der Waals surface area contributed by atoms with Gasteiger partial charge < -0.3 is 14.7 Å².